The summed E-state index contributed by atoms with van der Waals surface area (Å²) in [5, 5.41) is 3.80. The maximum absolute atomic E-state index is 12.7. The van der Waals surface area contributed by atoms with Crippen LogP contribution in [0.25, 0.3) is 20.8 Å². The fourth-order valence-electron chi connectivity index (χ4n) is 3.68. The predicted octanol–water partition coefficient (Wildman–Crippen LogP) is 6.63. The van der Waals surface area contributed by atoms with Gasteiger partial charge in [0.1, 0.15) is 5.01 Å². The number of rotatable bonds is 6. The highest BCUT2D eigenvalue weighted by atomic mass is 32.2. The zero-order chi connectivity index (χ0) is 25.3. The first-order valence-corrected chi connectivity index (χ1v) is 13.6. The van der Waals surface area contributed by atoms with Crippen LogP contribution in [0.3, 0.4) is 0 Å². The van der Waals surface area contributed by atoms with Crippen LogP contribution >= 0.6 is 11.3 Å². The minimum atomic E-state index is -3.70. The van der Waals surface area contributed by atoms with Crippen LogP contribution < -0.4 is 10.0 Å². The van der Waals surface area contributed by atoms with Gasteiger partial charge in [0.15, 0.2) is 0 Å². The van der Waals surface area contributed by atoms with Crippen molar-refractivity contribution in [1.29, 1.82) is 0 Å². The molecule has 2 N–H and O–H groups in total. The molecule has 0 radical (unpaired) electrons. The number of anilines is 2. The second-order valence-electron chi connectivity index (χ2n) is 8.52. The summed E-state index contributed by atoms with van der Waals surface area (Å²) in [6, 6.07) is 26.7. The number of sulfonamides is 1. The lowest BCUT2D eigenvalue weighted by Gasteiger charge is -2.10. The number of benzene rings is 4. The van der Waals surface area contributed by atoms with Gasteiger partial charge in [0, 0.05) is 22.5 Å². The Hall–Kier alpha value is -4.01. The van der Waals surface area contributed by atoms with Crippen LogP contribution in [0, 0.1) is 13.8 Å². The number of hydrogen-bond acceptors (Lipinski definition) is 5. The second-order valence-corrected chi connectivity index (χ2v) is 11.2. The Morgan fingerprint density at radius 2 is 1.42 bits per heavy atom. The molecule has 0 unspecified atom stereocenters. The number of aromatic nitrogens is 1. The number of nitrogens with zero attached hydrogens (tertiary/aromatic N) is 1. The molecule has 4 aromatic carbocycles. The Balaban J connectivity index is 1.25. The molecule has 5 aromatic rings. The van der Waals surface area contributed by atoms with E-state index in [-0.39, 0.29) is 10.8 Å². The normalized spacial score (nSPS) is 11.4. The van der Waals surface area contributed by atoms with Gasteiger partial charge >= 0.3 is 0 Å². The average molecular weight is 514 g/mol. The Labute approximate surface area is 213 Å². The largest absolute Gasteiger partial charge is 0.322 e. The monoisotopic (exact) mass is 513 g/mol. The number of nitrogens with one attached hydrogen (secondary N) is 2. The van der Waals surface area contributed by atoms with E-state index in [4.69, 9.17) is 4.98 Å². The smallest absolute Gasteiger partial charge is 0.261 e. The van der Waals surface area contributed by atoms with Gasteiger partial charge in [0.05, 0.1) is 15.1 Å². The standard InChI is InChI=1S/C28H23N3O3S2/c1-18-3-14-24(15-4-18)36(33,34)31-23-12-6-20(7-13-23)27(32)29-22-10-8-21(9-11-22)28-30-25-16-5-19(2)17-26(25)35-28/h3-17,31H,1-2H3,(H,29,32). The molecule has 36 heavy (non-hydrogen) atoms. The van der Waals surface area contributed by atoms with Gasteiger partial charge in [-0.1, -0.05) is 23.8 Å². The molecule has 1 amide bonds. The lowest BCUT2D eigenvalue weighted by Crippen LogP contribution is -2.14. The van der Waals surface area contributed by atoms with Crippen LogP contribution in [0.2, 0.25) is 0 Å². The average Bonchev–Trinajstić information content (AvgIpc) is 3.28. The van der Waals surface area contributed by atoms with E-state index < -0.39 is 10.0 Å². The summed E-state index contributed by atoms with van der Waals surface area (Å²) in [6.07, 6.45) is 0. The number of hydrogen-bond donors (Lipinski definition) is 2. The van der Waals surface area contributed by atoms with Crippen molar-refractivity contribution in [3.63, 3.8) is 0 Å². The summed E-state index contributed by atoms with van der Waals surface area (Å²) in [5.74, 6) is -0.286. The maximum atomic E-state index is 12.7. The molecule has 8 heteroatoms. The molecule has 1 heterocycles. The highest BCUT2D eigenvalue weighted by Crippen LogP contribution is 2.31. The molecular formula is C28H23N3O3S2. The first-order valence-electron chi connectivity index (χ1n) is 11.3. The molecule has 1 aromatic heterocycles. The minimum absolute atomic E-state index is 0.180. The van der Waals surface area contributed by atoms with Crippen molar-refractivity contribution >= 4 is 48.9 Å². The van der Waals surface area contributed by atoms with Crippen LogP contribution in [0.4, 0.5) is 11.4 Å². The van der Waals surface area contributed by atoms with E-state index >= 15 is 0 Å². The summed E-state index contributed by atoms with van der Waals surface area (Å²) in [6.45, 7) is 3.96. The Morgan fingerprint density at radius 1 is 0.778 bits per heavy atom. The highest BCUT2D eigenvalue weighted by molar-refractivity contribution is 7.92. The van der Waals surface area contributed by atoms with Gasteiger partial charge in [0.25, 0.3) is 15.9 Å². The number of carbonyl (C=O) groups excluding carboxylic acids is 1. The summed E-state index contributed by atoms with van der Waals surface area (Å²) in [5.41, 5.74) is 5.59. The molecule has 0 saturated carbocycles. The van der Waals surface area contributed by atoms with Gasteiger partial charge in [-0.15, -0.1) is 11.3 Å². The second kappa shape index (κ2) is 9.56. The molecule has 5 rings (SSSR count). The van der Waals surface area contributed by atoms with Gasteiger partial charge in [0.2, 0.25) is 0 Å². The summed E-state index contributed by atoms with van der Waals surface area (Å²) in [4.78, 5) is 17.6. The van der Waals surface area contributed by atoms with Crippen molar-refractivity contribution in [2.75, 3.05) is 10.0 Å². The molecule has 180 valence electrons. The Morgan fingerprint density at radius 3 is 2.11 bits per heavy atom. The minimum Gasteiger partial charge on any atom is -0.322 e. The Bertz CT molecular complexity index is 1660. The lowest BCUT2D eigenvalue weighted by atomic mass is 10.1. The van der Waals surface area contributed by atoms with E-state index in [2.05, 4.69) is 29.1 Å². The molecule has 0 aliphatic heterocycles. The summed E-state index contributed by atoms with van der Waals surface area (Å²) >= 11 is 1.64. The zero-order valence-corrected chi connectivity index (χ0v) is 21.3. The third-order valence-corrected chi connectivity index (χ3v) is 8.13. The van der Waals surface area contributed by atoms with E-state index in [1.165, 1.54) is 5.56 Å². The topological polar surface area (TPSA) is 88.2 Å². The van der Waals surface area contributed by atoms with Gasteiger partial charge in [-0.3, -0.25) is 9.52 Å². The first-order chi connectivity index (χ1) is 17.3. The molecule has 0 fully saturated rings. The van der Waals surface area contributed by atoms with E-state index in [1.54, 1.807) is 59.9 Å². The summed E-state index contributed by atoms with van der Waals surface area (Å²) < 4.78 is 28.8. The van der Waals surface area contributed by atoms with E-state index in [9.17, 15) is 13.2 Å². The van der Waals surface area contributed by atoms with Crippen LogP contribution in [0.5, 0.6) is 0 Å². The van der Waals surface area contributed by atoms with Crippen molar-refractivity contribution in [1.82, 2.24) is 4.98 Å². The molecule has 0 atom stereocenters. The van der Waals surface area contributed by atoms with Crippen LogP contribution in [-0.2, 0) is 10.0 Å². The molecule has 6 nitrogen and oxygen atoms in total. The molecule has 0 aliphatic carbocycles. The highest BCUT2D eigenvalue weighted by Gasteiger charge is 2.14. The van der Waals surface area contributed by atoms with Crippen molar-refractivity contribution in [2.45, 2.75) is 18.7 Å². The fourth-order valence-corrected chi connectivity index (χ4v) is 5.80. The first kappa shape index (κ1) is 23.7. The van der Waals surface area contributed by atoms with Crippen LogP contribution in [-0.4, -0.2) is 19.3 Å². The number of thiazole rings is 1. The third-order valence-electron chi connectivity index (χ3n) is 5.66. The van der Waals surface area contributed by atoms with E-state index in [1.807, 2.05) is 37.3 Å². The Kier molecular flexibility index (Phi) is 6.30. The number of fused-ring (bicyclic) bond motifs is 1. The van der Waals surface area contributed by atoms with Gasteiger partial charge in [-0.2, -0.15) is 0 Å². The van der Waals surface area contributed by atoms with Crippen LogP contribution in [0.15, 0.2) is 95.9 Å². The molecule has 0 saturated heterocycles. The van der Waals surface area contributed by atoms with Crippen molar-refractivity contribution < 1.29 is 13.2 Å². The third kappa shape index (κ3) is 5.15. The van der Waals surface area contributed by atoms with Crippen molar-refractivity contribution in [2.24, 2.45) is 0 Å². The van der Waals surface area contributed by atoms with Crippen molar-refractivity contribution in [3.8, 4) is 10.6 Å². The van der Waals surface area contributed by atoms with Gasteiger partial charge in [-0.25, -0.2) is 13.4 Å². The molecular weight excluding hydrogens is 490 g/mol. The molecule has 0 bridgehead atoms. The SMILES string of the molecule is Cc1ccc(S(=O)(=O)Nc2ccc(C(=O)Nc3ccc(-c4nc5ccc(C)cc5s4)cc3)cc2)cc1. The zero-order valence-electron chi connectivity index (χ0n) is 19.6. The molecule has 0 spiro atoms. The van der Waals surface area contributed by atoms with E-state index in [0.717, 1.165) is 26.4 Å². The quantitative estimate of drug-likeness (QED) is 0.267. The molecule has 0 aliphatic rings. The van der Waals surface area contributed by atoms with E-state index in [0.29, 0.717) is 16.9 Å². The van der Waals surface area contributed by atoms with Crippen molar-refractivity contribution in [3.05, 3.63) is 108 Å². The van der Waals surface area contributed by atoms with Gasteiger partial charge < -0.3 is 5.32 Å². The predicted molar refractivity (Wildman–Crippen MR) is 146 cm³/mol. The number of carbonyl (C=O) groups is 1. The lowest BCUT2D eigenvalue weighted by molar-refractivity contribution is 0.102. The summed E-state index contributed by atoms with van der Waals surface area (Å²) in [7, 11) is -3.70. The fraction of sp³-hybridized carbons (Fsp3) is 0.0714. The van der Waals surface area contributed by atoms with Crippen LogP contribution in [0.1, 0.15) is 21.5 Å². The number of amides is 1. The number of aryl methyl sites for hydroxylation is 2. The van der Waals surface area contributed by atoms with Gasteiger partial charge in [-0.05, 0) is 92.2 Å². The maximum Gasteiger partial charge on any atom is 0.261 e.